The molecule has 0 spiro atoms. The van der Waals surface area contributed by atoms with Crippen LogP contribution in [0.3, 0.4) is 0 Å². The van der Waals surface area contributed by atoms with Gasteiger partial charge in [-0.2, -0.15) is 0 Å². The Morgan fingerprint density at radius 3 is 2.22 bits per heavy atom. The highest BCUT2D eigenvalue weighted by Crippen LogP contribution is 2.48. The van der Waals surface area contributed by atoms with E-state index in [0.29, 0.717) is 39.2 Å². The topological polar surface area (TPSA) is 117 Å². The predicted octanol–water partition coefficient (Wildman–Crippen LogP) is 5.88. The Morgan fingerprint density at radius 1 is 0.933 bits per heavy atom. The van der Waals surface area contributed by atoms with Gasteiger partial charge in [-0.05, 0) is 81.1 Å². The second-order valence-corrected chi connectivity index (χ2v) is 12.9. The van der Waals surface area contributed by atoms with Gasteiger partial charge >= 0.3 is 7.60 Å². The van der Waals surface area contributed by atoms with Crippen LogP contribution in [0, 0.1) is 0 Å². The average Bonchev–Trinajstić information content (AvgIpc) is 3.38. The van der Waals surface area contributed by atoms with Gasteiger partial charge in [-0.25, -0.2) is 0 Å². The van der Waals surface area contributed by atoms with Crippen molar-refractivity contribution in [2.45, 2.75) is 40.0 Å². The van der Waals surface area contributed by atoms with Gasteiger partial charge in [0.05, 0.1) is 29.8 Å². The summed E-state index contributed by atoms with van der Waals surface area (Å²) in [4.78, 5) is 42.3. The van der Waals surface area contributed by atoms with Crippen molar-refractivity contribution < 1.29 is 28.0 Å². The highest BCUT2D eigenvalue weighted by atomic mass is 31.2. The molecule has 236 valence electrons. The van der Waals surface area contributed by atoms with Gasteiger partial charge in [-0.1, -0.05) is 30.3 Å². The lowest BCUT2D eigenvalue weighted by atomic mass is 10.00. The van der Waals surface area contributed by atoms with Crippen molar-refractivity contribution in [1.29, 1.82) is 0 Å². The van der Waals surface area contributed by atoms with Crippen LogP contribution in [0.2, 0.25) is 0 Å². The second kappa shape index (κ2) is 14.2. The number of piperidine rings is 1. The number of nitrogens with zero attached hydrogens (tertiary/aromatic N) is 2. The first-order valence-corrected chi connectivity index (χ1v) is 16.9. The van der Waals surface area contributed by atoms with Gasteiger partial charge in [0.25, 0.3) is 5.91 Å². The summed E-state index contributed by atoms with van der Waals surface area (Å²) < 4.78 is 24.7. The smallest absolute Gasteiger partial charge is 0.354 e. The molecule has 3 aromatic carbocycles. The number of fused-ring (bicyclic) bond motifs is 1. The van der Waals surface area contributed by atoms with Crippen molar-refractivity contribution in [3.63, 3.8) is 0 Å². The molecule has 2 aliphatic heterocycles. The molecule has 2 aliphatic rings. The molecule has 0 saturated carbocycles. The van der Waals surface area contributed by atoms with Crippen molar-refractivity contribution in [3.05, 3.63) is 83.9 Å². The van der Waals surface area contributed by atoms with E-state index < -0.39 is 7.60 Å². The summed E-state index contributed by atoms with van der Waals surface area (Å²) >= 11 is 0. The normalized spacial score (nSPS) is 15.7. The van der Waals surface area contributed by atoms with E-state index in [9.17, 15) is 18.9 Å². The average molecular weight is 631 g/mol. The maximum Gasteiger partial charge on any atom is 0.361 e. The Kier molecular flexibility index (Phi) is 10.2. The van der Waals surface area contributed by atoms with Crippen LogP contribution < -0.4 is 20.8 Å². The Hall–Kier alpha value is -4.24. The molecule has 0 aromatic heterocycles. The van der Waals surface area contributed by atoms with Crippen LogP contribution in [0.4, 0.5) is 17.1 Å². The van der Waals surface area contributed by atoms with Gasteiger partial charge in [-0.15, -0.1) is 0 Å². The second-order valence-electron chi connectivity index (χ2n) is 10.9. The molecule has 3 aromatic rings. The van der Waals surface area contributed by atoms with Crippen LogP contribution in [-0.4, -0.2) is 55.5 Å². The lowest BCUT2D eigenvalue weighted by molar-refractivity contribution is -0.132. The van der Waals surface area contributed by atoms with E-state index in [0.717, 1.165) is 37.9 Å². The summed E-state index contributed by atoms with van der Waals surface area (Å²) in [5.41, 5.74) is 4.10. The molecule has 0 radical (unpaired) electrons. The Bertz CT molecular complexity index is 1620. The minimum absolute atomic E-state index is 0.0198. The number of amides is 3. The largest absolute Gasteiger partial charge is 0.361 e. The molecule has 0 atom stereocenters. The summed E-state index contributed by atoms with van der Waals surface area (Å²) in [5, 5.41) is 6.69. The molecule has 3 amide bonds. The number of carbonyl (C=O) groups excluding carboxylic acids is 3. The number of rotatable bonds is 11. The van der Waals surface area contributed by atoms with Gasteiger partial charge in [0.15, 0.2) is 0 Å². The molecule has 11 heteroatoms. The van der Waals surface area contributed by atoms with Gasteiger partial charge in [0.2, 0.25) is 11.8 Å². The van der Waals surface area contributed by atoms with Crippen LogP contribution >= 0.6 is 7.60 Å². The first-order chi connectivity index (χ1) is 21.7. The standard InChI is InChI=1S/C34H39N4O6P/c1-4-43-45(42,44-5-2)28-18-19-30-29(22-28)32(34(41)36-30)33(25-12-8-6-9-13-25)35-26-14-16-27(17-15-26)38(24(3)39)23-31(40)37-20-10-7-11-21-37/h6,8-9,12-19,22,35H,4-5,7,10-11,20-21,23H2,1-3H3,(H,36,41)/b33-32-. The van der Waals surface area contributed by atoms with Crippen molar-refractivity contribution in [2.75, 3.05) is 48.4 Å². The third-order valence-corrected chi connectivity index (χ3v) is 9.91. The molecule has 10 nitrogen and oxygen atoms in total. The fourth-order valence-corrected chi connectivity index (χ4v) is 7.21. The van der Waals surface area contributed by atoms with Crippen LogP contribution in [0.1, 0.15) is 51.2 Å². The molecule has 2 N–H and O–H groups in total. The predicted molar refractivity (Wildman–Crippen MR) is 177 cm³/mol. The first kappa shape index (κ1) is 32.2. The van der Waals surface area contributed by atoms with Crippen molar-refractivity contribution in [1.82, 2.24) is 4.90 Å². The number of likely N-dealkylation sites (tertiary alicyclic amines) is 1. The van der Waals surface area contributed by atoms with E-state index >= 15 is 0 Å². The van der Waals surface area contributed by atoms with E-state index in [1.54, 1.807) is 44.2 Å². The number of hydrogen-bond donors (Lipinski definition) is 2. The molecular weight excluding hydrogens is 591 g/mol. The van der Waals surface area contributed by atoms with E-state index in [2.05, 4.69) is 10.6 Å². The number of benzene rings is 3. The maximum absolute atomic E-state index is 13.6. The molecule has 2 heterocycles. The quantitative estimate of drug-likeness (QED) is 0.201. The van der Waals surface area contributed by atoms with E-state index in [4.69, 9.17) is 9.05 Å². The van der Waals surface area contributed by atoms with Crippen molar-refractivity contribution in [2.24, 2.45) is 0 Å². The first-order valence-electron chi connectivity index (χ1n) is 15.3. The van der Waals surface area contributed by atoms with Crippen LogP contribution in [0.5, 0.6) is 0 Å². The fourth-order valence-electron chi connectivity index (χ4n) is 5.62. The van der Waals surface area contributed by atoms with E-state index in [-0.39, 0.29) is 37.5 Å². The minimum Gasteiger partial charge on any atom is -0.354 e. The zero-order chi connectivity index (χ0) is 32.0. The zero-order valence-electron chi connectivity index (χ0n) is 25.9. The molecular formula is C34H39N4O6P. The lowest BCUT2D eigenvalue weighted by Crippen LogP contribution is -2.44. The molecule has 45 heavy (non-hydrogen) atoms. The molecule has 1 saturated heterocycles. The number of anilines is 3. The van der Waals surface area contributed by atoms with Crippen molar-refractivity contribution >= 4 is 59.0 Å². The molecule has 5 rings (SSSR count). The lowest BCUT2D eigenvalue weighted by Gasteiger charge is -2.29. The third kappa shape index (κ3) is 7.20. The van der Waals surface area contributed by atoms with Crippen molar-refractivity contribution in [3.8, 4) is 0 Å². The highest BCUT2D eigenvalue weighted by Gasteiger charge is 2.33. The van der Waals surface area contributed by atoms with Gasteiger partial charge in [0.1, 0.15) is 6.54 Å². The van der Waals surface area contributed by atoms with Crippen LogP contribution in [-0.2, 0) is 28.0 Å². The molecule has 0 bridgehead atoms. The Balaban J connectivity index is 1.49. The maximum atomic E-state index is 13.6. The van der Waals surface area contributed by atoms with E-state index in [1.807, 2.05) is 47.4 Å². The summed E-state index contributed by atoms with van der Waals surface area (Å²) in [7, 11) is -3.60. The molecule has 0 aliphatic carbocycles. The number of carbonyl (C=O) groups is 3. The van der Waals surface area contributed by atoms with Crippen LogP contribution in [0.15, 0.2) is 72.8 Å². The Labute approximate surface area is 263 Å². The van der Waals surface area contributed by atoms with Gasteiger partial charge in [-0.3, -0.25) is 18.9 Å². The van der Waals surface area contributed by atoms with Gasteiger partial charge in [0, 0.05) is 42.6 Å². The van der Waals surface area contributed by atoms with Crippen LogP contribution in [0.25, 0.3) is 11.3 Å². The summed E-state index contributed by atoms with van der Waals surface area (Å²) in [5.74, 6) is -0.599. The fraction of sp³-hybridized carbons (Fsp3) is 0.324. The number of nitrogens with one attached hydrogen (secondary N) is 2. The third-order valence-electron chi connectivity index (χ3n) is 7.81. The van der Waals surface area contributed by atoms with E-state index in [1.165, 1.54) is 11.8 Å². The molecule has 0 unspecified atom stereocenters. The minimum atomic E-state index is -3.60. The molecule has 1 fully saturated rings. The monoisotopic (exact) mass is 630 g/mol. The number of hydrogen-bond acceptors (Lipinski definition) is 7. The van der Waals surface area contributed by atoms with Gasteiger partial charge < -0.3 is 29.5 Å². The summed E-state index contributed by atoms with van der Waals surface area (Å²) in [6.45, 7) is 6.78. The zero-order valence-corrected chi connectivity index (χ0v) is 26.8. The summed E-state index contributed by atoms with van der Waals surface area (Å²) in [6.07, 6.45) is 3.08. The Morgan fingerprint density at radius 2 is 1.60 bits per heavy atom. The summed E-state index contributed by atoms with van der Waals surface area (Å²) in [6, 6.07) is 21.7. The highest BCUT2D eigenvalue weighted by molar-refractivity contribution is 7.62. The SMILES string of the molecule is CCOP(=O)(OCC)c1ccc2c(c1)/C(=C(/Nc1ccc(N(CC(=O)N3CCCCC3)C(C)=O)cc1)c1ccccc1)C(=O)N2.